The Morgan fingerprint density at radius 2 is 1.08 bits per heavy atom. The molecular formula is C15H9F5N2O2. The molecule has 9 heteroatoms. The average molecular weight is 344 g/mol. The standard InChI is InChI=1S/C15H9F5N2O2/c1-6(23)21-7-2-4-8(5-3-7)22-15(24)9-10(16)12(18)14(20)13(19)11(9)17/h2-5H,1H3,(H,21,23)(H,22,24). The van der Waals surface area contributed by atoms with E-state index in [1.807, 2.05) is 5.32 Å². The second kappa shape index (κ2) is 6.65. The molecule has 0 fully saturated rings. The predicted octanol–water partition coefficient (Wildman–Crippen LogP) is 3.59. The Hall–Kier alpha value is -2.97. The normalized spacial score (nSPS) is 10.4. The van der Waals surface area contributed by atoms with Gasteiger partial charge in [-0.1, -0.05) is 0 Å². The first-order valence-electron chi connectivity index (χ1n) is 6.42. The van der Waals surface area contributed by atoms with Gasteiger partial charge in [0, 0.05) is 18.3 Å². The van der Waals surface area contributed by atoms with E-state index in [0.29, 0.717) is 5.69 Å². The van der Waals surface area contributed by atoms with Crippen LogP contribution in [0.15, 0.2) is 24.3 Å². The summed E-state index contributed by atoms with van der Waals surface area (Å²) in [6.07, 6.45) is 0. The Labute approximate surface area is 132 Å². The van der Waals surface area contributed by atoms with Gasteiger partial charge in [-0.2, -0.15) is 0 Å². The molecule has 0 saturated heterocycles. The fourth-order valence-corrected chi connectivity index (χ4v) is 1.84. The van der Waals surface area contributed by atoms with E-state index < -0.39 is 40.6 Å². The molecular weight excluding hydrogens is 335 g/mol. The molecule has 2 aromatic carbocycles. The van der Waals surface area contributed by atoms with Gasteiger partial charge in [-0.05, 0) is 24.3 Å². The maximum atomic E-state index is 13.5. The highest BCUT2D eigenvalue weighted by Gasteiger charge is 2.29. The summed E-state index contributed by atoms with van der Waals surface area (Å²) in [5.74, 6) is -13.1. The third-order valence-electron chi connectivity index (χ3n) is 2.90. The summed E-state index contributed by atoms with van der Waals surface area (Å²) >= 11 is 0. The van der Waals surface area contributed by atoms with Crippen LogP contribution >= 0.6 is 0 Å². The molecule has 2 amide bonds. The van der Waals surface area contributed by atoms with E-state index in [1.165, 1.54) is 31.2 Å². The lowest BCUT2D eigenvalue weighted by atomic mass is 10.1. The molecule has 0 aliphatic heterocycles. The van der Waals surface area contributed by atoms with Gasteiger partial charge in [0.05, 0.1) is 0 Å². The van der Waals surface area contributed by atoms with E-state index in [4.69, 9.17) is 0 Å². The van der Waals surface area contributed by atoms with Crippen LogP contribution in [0, 0.1) is 29.1 Å². The molecule has 0 unspecified atom stereocenters. The van der Waals surface area contributed by atoms with E-state index in [-0.39, 0.29) is 11.6 Å². The Kier molecular flexibility index (Phi) is 4.82. The van der Waals surface area contributed by atoms with Gasteiger partial charge in [-0.25, -0.2) is 22.0 Å². The van der Waals surface area contributed by atoms with E-state index in [9.17, 15) is 31.5 Å². The number of nitrogens with one attached hydrogen (secondary N) is 2. The van der Waals surface area contributed by atoms with Crippen LogP contribution in [0.5, 0.6) is 0 Å². The number of rotatable bonds is 3. The van der Waals surface area contributed by atoms with Gasteiger partial charge in [-0.15, -0.1) is 0 Å². The number of hydrogen-bond acceptors (Lipinski definition) is 2. The van der Waals surface area contributed by atoms with Gasteiger partial charge >= 0.3 is 0 Å². The number of hydrogen-bond donors (Lipinski definition) is 2. The Morgan fingerprint density at radius 1 is 0.708 bits per heavy atom. The summed E-state index contributed by atoms with van der Waals surface area (Å²) in [6.45, 7) is 1.28. The first-order chi connectivity index (χ1) is 11.2. The molecule has 0 spiro atoms. The highest BCUT2D eigenvalue weighted by Crippen LogP contribution is 2.24. The van der Waals surface area contributed by atoms with Gasteiger partial charge in [0.15, 0.2) is 23.3 Å². The molecule has 0 aromatic heterocycles. The van der Waals surface area contributed by atoms with E-state index >= 15 is 0 Å². The van der Waals surface area contributed by atoms with Crippen LogP contribution in [-0.2, 0) is 4.79 Å². The van der Waals surface area contributed by atoms with E-state index in [2.05, 4.69) is 5.32 Å². The summed E-state index contributed by atoms with van der Waals surface area (Å²) < 4.78 is 66.2. The van der Waals surface area contributed by atoms with E-state index in [1.54, 1.807) is 0 Å². The molecule has 0 bridgehead atoms. The quantitative estimate of drug-likeness (QED) is 0.508. The first-order valence-corrected chi connectivity index (χ1v) is 6.42. The monoisotopic (exact) mass is 344 g/mol. The number of carbonyl (C=O) groups excluding carboxylic acids is 2. The second-order valence-corrected chi connectivity index (χ2v) is 4.66. The van der Waals surface area contributed by atoms with Crippen molar-refractivity contribution in [3.05, 3.63) is 58.9 Å². The molecule has 0 aliphatic rings. The topological polar surface area (TPSA) is 58.2 Å². The minimum absolute atomic E-state index is 0.0260. The molecule has 2 aromatic rings. The molecule has 2 N–H and O–H groups in total. The maximum Gasteiger partial charge on any atom is 0.261 e. The Bertz CT molecular complexity index is 793. The van der Waals surface area contributed by atoms with Crippen molar-refractivity contribution in [2.45, 2.75) is 6.92 Å². The zero-order chi connectivity index (χ0) is 18.0. The molecule has 0 heterocycles. The van der Waals surface area contributed by atoms with Crippen molar-refractivity contribution in [1.82, 2.24) is 0 Å². The van der Waals surface area contributed by atoms with Crippen molar-refractivity contribution < 1.29 is 31.5 Å². The predicted molar refractivity (Wildman–Crippen MR) is 74.9 cm³/mol. The van der Waals surface area contributed by atoms with Crippen LogP contribution in [0.2, 0.25) is 0 Å². The van der Waals surface area contributed by atoms with Gasteiger partial charge in [-0.3, -0.25) is 9.59 Å². The van der Waals surface area contributed by atoms with Gasteiger partial charge in [0.1, 0.15) is 5.56 Å². The number of halogens is 5. The fraction of sp³-hybridized carbons (Fsp3) is 0.0667. The van der Waals surface area contributed by atoms with Crippen LogP contribution in [0.25, 0.3) is 0 Å². The van der Waals surface area contributed by atoms with Gasteiger partial charge in [0.2, 0.25) is 11.7 Å². The summed E-state index contributed by atoms with van der Waals surface area (Å²) in [5, 5.41) is 4.45. The SMILES string of the molecule is CC(=O)Nc1ccc(NC(=O)c2c(F)c(F)c(F)c(F)c2F)cc1. The Balaban J connectivity index is 2.29. The van der Waals surface area contributed by atoms with Crippen molar-refractivity contribution >= 4 is 23.2 Å². The third kappa shape index (κ3) is 3.34. The molecule has 126 valence electrons. The summed E-state index contributed by atoms with van der Waals surface area (Å²) in [4.78, 5) is 22.7. The number of benzene rings is 2. The molecule has 0 atom stereocenters. The third-order valence-corrected chi connectivity index (χ3v) is 2.90. The van der Waals surface area contributed by atoms with Crippen LogP contribution in [0.3, 0.4) is 0 Å². The van der Waals surface area contributed by atoms with Crippen molar-refractivity contribution in [3.63, 3.8) is 0 Å². The maximum absolute atomic E-state index is 13.5. The summed E-state index contributed by atoms with van der Waals surface area (Å²) in [7, 11) is 0. The second-order valence-electron chi connectivity index (χ2n) is 4.66. The smallest absolute Gasteiger partial charge is 0.261 e. The lowest BCUT2D eigenvalue weighted by Gasteiger charge is -2.10. The highest BCUT2D eigenvalue weighted by molar-refractivity contribution is 6.04. The van der Waals surface area contributed by atoms with Crippen molar-refractivity contribution in [3.8, 4) is 0 Å². The fourth-order valence-electron chi connectivity index (χ4n) is 1.84. The number of carbonyl (C=O) groups is 2. The molecule has 4 nitrogen and oxygen atoms in total. The van der Waals surface area contributed by atoms with Crippen LogP contribution in [-0.4, -0.2) is 11.8 Å². The highest BCUT2D eigenvalue weighted by atomic mass is 19.2. The molecule has 0 radical (unpaired) electrons. The first kappa shape index (κ1) is 17.4. The zero-order valence-electron chi connectivity index (χ0n) is 12.0. The van der Waals surface area contributed by atoms with Crippen molar-refractivity contribution in [1.29, 1.82) is 0 Å². The molecule has 0 saturated carbocycles. The number of amides is 2. The minimum Gasteiger partial charge on any atom is -0.326 e. The van der Waals surface area contributed by atoms with Crippen molar-refractivity contribution in [2.75, 3.05) is 10.6 Å². The molecule has 24 heavy (non-hydrogen) atoms. The van der Waals surface area contributed by atoms with Crippen LogP contribution in [0.4, 0.5) is 33.3 Å². The van der Waals surface area contributed by atoms with Crippen LogP contribution < -0.4 is 10.6 Å². The molecule has 0 aliphatic carbocycles. The average Bonchev–Trinajstić information content (AvgIpc) is 2.52. The molecule has 2 rings (SSSR count). The minimum atomic E-state index is -2.35. The Morgan fingerprint density at radius 3 is 1.50 bits per heavy atom. The van der Waals surface area contributed by atoms with Gasteiger partial charge in [0.25, 0.3) is 5.91 Å². The number of anilines is 2. The lowest BCUT2D eigenvalue weighted by molar-refractivity contribution is -0.114. The zero-order valence-corrected chi connectivity index (χ0v) is 12.0. The lowest BCUT2D eigenvalue weighted by Crippen LogP contribution is -2.19. The van der Waals surface area contributed by atoms with E-state index in [0.717, 1.165) is 0 Å². The summed E-state index contributed by atoms with van der Waals surface area (Å²) in [6, 6.07) is 5.29. The van der Waals surface area contributed by atoms with Crippen LogP contribution in [0.1, 0.15) is 17.3 Å². The van der Waals surface area contributed by atoms with Crippen molar-refractivity contribution in [2.24, 2.45) is 0 Å². The van der Waals surface area contributed by atoms with Gasteiger partial charge < -0.3 is 10.6 Å². The summed E-state index contributed by atoms with van der Waals surface area (Å²) in [5.41, 5.74) is -1.17. The largest absolute Gasteiger partial charge is 0.326 e.